The third-order valence-electron chi connectivity index (χ3n) is 5.53. The number of carbonyl (C=O) groups is 2. The summed E-state index contributed by atoms with van der Waals surface area (Å²) in [6, 6.07) is 3.73. The number of Topliss-reactive ketones (excluding diaryl/α,β-unsaturated/α-hetero) is 1. The van der Waals surface area contributed by atoms with E-state index in [0.717, 1.165) is 12.0 Å². The first kappa shape index (κ1) is 13.3. The molecule has 0 radical (unpaired) electrons. The molecule has 20 heavy (non-hydrogen) atoms. The first-order chi connectivity index (χ1) is 9.39. The highest BCUT2D eigenvalue weighted by Gasteiger charge is 2.68. The maximum absolute atomic E-state index is 12.8. The summed E-state index contributed by atoms with van der Waals surface area (Å²) in [6.07, 6.45) is 3.83. The minimum Gasteiger partial charge on any atom is -0.310 e. The van der Waals surface area contributed by atoms with Crippen LogP contribution in [-0.4, -0.2) is 16.7 Å². The number of aryl methyl sites for hydroxylation is 1. The van der Waals surface area contributed by atoms with Crippen LogP contribution in [0.15, 0.2) is 18.3 Å². The Morgan fingerprint density at radius 3 is 2.75 bits per heavy atom. The van der Waals surface area contributed by atoms with Crippen molar-refractivity contribution in [1.82, 2.24) is 4.98 Å². The highest BCUT2D eigenvalue weighted by molar-refractivity contribution is 6.14. The van der Waals surface area contributed by atoms with Crippen molar-refractivity contribution in [3.8, 4) is 0 Å². The number of nitrogens with zero attached hydrogens (tertiary/aromatic N) is 1. The molecular weight excluding hydrogens is 252 g/mol. The van der Waals surface area contributed by atoms with Gasteiger partial charge in [0.2, 0.25) is 5.91 Å². The largest absolute Gasteiger partial charge is 0.310 e. The standard InChI is InChI=1S/C16H20N2O2/c1-10-5-4-8-17-13(10)18-14(20)16-7-6-11(9-12(16)19)15(16,2)3/h4-5,8,11H,6-7,9H2,1-3H3,(H,17,18,20). The molecule has 1 aromatic heterocycles. The van der Waals surface area contributed by atoms with Gasteiger partial charge in [-0.15, -0.1) is 0 Å². The number of aromatic nitrogens is 1. The van der Waals surface area contributed by atoms with Crippen LogP contribution in [0.2, 0.25) is 0 Å². The molecule has 2 saturated carbocycles. The first-order valence-corrected chi connectivity index (χ1v) is 7.16. The number of amides is 1. The molecular formula is C16H20N2O2. The van der Waals surface area contributed by atoms with Crippen LogP contribution in [0.3, 0.4) is 0 Å². The molecule has 4 nitrogen and oxygen atoms in total. The van der Waals surface area contributed by atoms with Gasteiger partial charge >= 0.3 is 0 Å². The molecule has 4 heteroatoms. The maximum Gasteiger partial charge on any atom is 0.239 e. The molecule has 0 aliphatic heterocycles. The molecule has 2 fully saturated rings. The summed E-state index contributed by atoms with van der Waals surface area (Å²) >= 11 is 0. The lowest BCUT2D eigenvalue weighted by Gasteiger charge is -2.34. The molecule has 2 bridgehead atoms. The lowest BCUT2D eigenvalue weighted by atomic mass is 9.68. The molecule has 2 aliphatic rings. The lowest BCUT2D eigenvalue weighted by molar-refractivity contribution is -0.141. The number of pyridine rings is 1. The molecule has 0 spiro atoms. The van der Waals surface area contributed by atoms with Gasteiger partial charge in [0.15, 0.2) is 0 Å². The Hall–Kier alpha value is -1.71. The summed E-state index contributed by atoms with van der Waals surface area (Å²) in [6.45, 7) is 6.01. The highest BCUT2D eigenvalue weighted by atomic mass is 16.2. The third kappa shape index (κ3) is 1.51. The van der Waals surface area contributed by atoms with E-state index in [9.17, 15) is 9.59 Å². The highest BCUT2D eigenvalue weighted by Crippen LogP contribution is 2.64. The van der Waals surface area contributed by atoms with Crippen molar-refractivity contribution in [1.29, 1.82) is 0 Å². The second-order valence-corrected chi connectivity index (χ2v) is 6.61. The number of ketones is 1. The summed E-state index contributed by atoms with van der Waals surface area (Å²) in [5.74, 6) is 0.829. The maximum atomic E-state index is 12.8. The van der Waals surface area contributed by atoms with Crippen LogP contribution in [0.5, 0.6) is 0 Å². The molecule has 3 rings (SSSR count). The molecule has 1 aromatic rings. The Morgan fingerprint density at radius 2 is 2.20 bits per heavy atom. The van der Waals surface area contributed by atoms with Crippen molar-refractivity contribution in [3.63, 3.8) is 0 Å². The third-order valence-corrected chi connectivity index (χ3v) is 5.53. The van der Waals surface area contributed by atoms with E-state index in [0.29, 0.717) is 24.6 Å². The van der Waals surface area contributed by atoms with E-state index in [1.807, 2.05) is 19.1 Å². The van der Waals surface area contributed by atoms with Gasteiger partial charge in [0, 0.05) is 12.6 Å². The van der Waals surface area contributed by atoms with Crippen LogP contribution < -0.4 is 5.32 Å². The Balaban J connectivity index is 1.94. The lowest BCUT2D eigenvalue weighted by Crippen LogP contribution is -2.46. The molecule has 2 atom stereocenters. The summed E-state index contributed by atoms with van der Waals surface area (Å²) in [5, 5.41) is 2.89. The molecule has 106 valence electrons. The van der Waals surface area contributed by atoms with E-state index in [4.69, 9.17) is 0 Å². The monoisotopic (exact) mass is 272 g/mol. The van der Waals surface area contributed by atoms with E-state index in [1.54, 1.807) is 6.20 Å². The predicted molar refractivity (Wildman–Crippen MR) is 76.2 cm³/mol. The molecule has 1 amide bonds. The van der Waals surface area contributed by atoms with Crippen molar-refractivity contribution in [3.05, 3.63) is 23.9 Å². The quantitative estimate of drug-likeness (QED) is 0.842. The van der Waals surface area contributed by atoms with Gasteiger partial charge in [-0.05, 0) is 42.7 Å². The molecule has 0 aromatic carbocycles. The van der Waals surface area contributed by atoms with Crippen LogP contribution in [0.4, 0.5) is 5.82 Å². The summed E-state index contributed by atoms with van der Waals surface area (Å²) in [4.78, 5) is 29.4. The fourth-order valence-corrected chi connectivity index (χ4v) is 4.04. The van der Waals surface area contributed by atoms with E-state index in [-0.39, 0.29) is 17.1 Å². The van der Waals surface area contributed by atoms with Crippen molar-refractivity contribution >= 4 is 17.5 Å². The zero-order chi connectivity index (χ0) is 14.5. The molecule has 2 aliphatic carbocycles. The van der Waals surface area contributed by atoms with Gasteiger partial charge in [-0.25, -0.2) is 4.98 Å². The minimum absolute atomic E-state index is 0.102. The number of anilines is 1. The van der Waals surface area contributed by atoms with Gasteiger partial charge in [-0.2, -0.15) is 0 Å². The first-order valence-electron chi connectivity index (χ1n) is 7.16. The summed E-state index contributed by atoms with van der Waals surface area (Å²) < 4.78 is 0. The van der Waals surface area contributed by atoms with Crippen LogP contribution in [0.25, 0.3) is 0 Å². The number of hydrogen-bond donors (Lipinski definition) is 1. The number of hydrogen-bond acceptors (Lipinski definition) is 3. The second kappa shape index (κ2) is 4.14. The topological polar surface area (TPSA) is 59.1 Å². The second-order valence-electron chi connectivity index (χ2n) is 6.61. The van der Waals surface area contributed by atoms with Gasteiger partial charge in [0.1, 0.15) is 17.0 Å². The zero-order valence-corrected chi connectivity index (χ0v) is 12.2. The van der Waals surface area contributed by atoms with Crippen molar-refractivity contribution in [2.24, 2.45) is 16.7 Å². The summed E-state index contributed by atoms with van der Waals surface area (Å²) in [5.41, 5.74) is -0.201. The number of fused-ring (bicyclic) bond motifs is 2. The minimum atomic E-state index is -0.859. The summed E-state index contributed by atoms with van der Waals surface area (Å²) in [7, 11) is 0. The van der Waals surface area contributed by atoms with Gasteiger partial charge in [0.25, 0.3) is 0 Å². The average Bonchev–Trinajstić information content (AvgIpc) is 2.76. The van der Waals surface area contributed by atoms with Crippen molar-refractivity contribution < 1.29 is 9.59 Å². The van der Waals surface area contributed by atoms with Crippen molar-refractivity contribution in [2.45, 2.75) is 40.0 Å². The Labute approximate surface area is 119 Å². The molecule has 1 heterocycles. The number of carbonyl (C=O) groups excluding carboxylic acids is 2. The number of rotatable bonds is 2. The van der Waals surface area contributed by atoms with Gasteiger partial charge in [-0.3, -0.25) is 9.59 Å². The van der Waals surface area contributed by atoms with Gasteiger partial charge < -0.3 is 5.32 Å². The van der Waals surface area contributed by atoms with Crippen LogP contribution in [-0.2, 0) is 9.59 Å². The molecule has 2 unspecified atom stereocenters. The number of nitrogens with one attached hydrogen (secondary N) is 1. The van der Waals surface area contributed by atoms with Crippen LogP contribution in [0, 0.1) is 23.7 Å². The van der Waals surface area contributed by atoms with E-state index in [1.165, 1.54) is 0 Å². The van der Waals surface area contributed by atoms with Gasteiger partial charge in [-0.1, -0.05) is 19.9 Å². The Morgan fingerprint density at radius 1 is 1.45 bits per heavy atom. The van der Waals surface area contributed by atoms with E-state index >= 15 is 0 Å². The smallest absolute Gasteiger partial charge is 0.239 e. The van der Waals surface area contributed by atoms with E-state index < -0.39 is 5.41 Å². The zero-order valence-electron chi connectivity index (χ0n) is 12.2. The Bertz CT molecular complexity index is 594. The molecule has 0 saturated heterocycles. The SMILES string of the molecule is Cc1cccnc1NC(=O)C12CCC(CC1=O)C2(C)C. The fourth-order valence-electron chi connectivity index (χ4n) is 4.04. The Kier molecular flexibility index (Phi) is 2.75. The fraction of sp³-hybridized carbons (Fsp3) is 0.562. The van der Waals surface area contributed by atoms with Gasteiger partial charge in [0.05, 0.1) is 0 Å². The average molecular weight is 272 g/mol. The van der Waals surface area contributed by atoms with E-state index in [2.05, 4.69) is 24.1 Å². The predicted octanol–water partition coefficient (Wildman–Crippen LogP) is 2.72. The normalized spacial score (nSPS) is 30.6. The molecule has 1 N–H and O–H groups in total. The van der Waals surface area contributed by atoms with Crippen LogP contribution in [0.1, 0.15) is 38.7 Å². The van der Waals surface area contributed by atoms with Crippen molar-refractivity contribution in [2.75, 3.05) is 5.32 Å². The van der Waals surface area contributed by atoms with Crippen LogP contribution >= 0.6 is 0 Å².